The van der Waals surface area contributed by atoms with Crippen LogP contribution in [0.2, 0.25) is 0 Å². The van der Waals surface area contributed by atoms with Crippen LogP contribution in [-0.2, 0) is 16.1 Å². The quantitative estimate of drug-likeness (QED) is 0.779. The van der Waals surface area contributed by atoms with Crippen LogP contribution in [0, 0.1) is 0 Å². The molecule has 5 heteroatoms. The summed E-state index contributed by atoms with van der Waals surface area (Å²) in [6, 6.07) is 1.86. The van der Waals surface area contributed by atoms with Crippen molar-refractivity contribution in [3.8, 4) is 0 Å². The minimum atomic E-state index is -0.0868. The van der Waals surface area contributed by atoms with Crippen LogP contribution >= 0.6 is 15.9 Å². The highest BCUT2D eigenvalue weighted by Gasteiger charge is 2.25. The fraction of sp³-hybridized carbons (Fsp3) is 0.364. The molecule has 0 radical (unpaired) electrons. The molecule has 1 aliphatic heterocycles. The molecule has 0 N–H and O–H groups in total. The number of hydrogen-bond acceptors (Lipinski definition) is 3. The minimum absolute atomic E-state index is 0.0868. The van der Waals surface area contributed by atoms with Crippen LogP contribution in [0.1, 0.15) is 24.8 Å². The molecule has 0 bridgehead atoms. The van der Waals surface area contributed by atoms with Gasteiger partial charge < -0.3 is 0 Å². The van der Waals surface area contributed by atoms with Gasteiger partial charge in [0.1, 0.15) is 0 Å². The standard InChI is InChI=1S/C11H11BrN2O2/c12-9-4-8(5-13-6-9)7-14-10(15)2-1-3-11(14)16/h4-6H,1-3,7H2. The molecular formula is C11H11BrN2O2. The van der Waals surface area contributed by atoms with Crippen molar-refractivity contribution in [1.29, 1.82) is 0 Å². The highest BCUT2D eigenvalue weighted by Crippen LogP contribution is 2.17. The number of halogens is 1. The van der Waals surface area contributed by atoms with Gasteiger partial charge in [-0.25, -0.2) is 0 Å². The number of nitrogens with zero attached hydrogens (tertiary/aromatic N) is 2. The lowest BCUT2D eigenvalue weighted by Crippen LogP contribution is -2.39. The molecule has 2 heterocycles. The molecule has 0 atom stereocenters. The molecule has 84 valence electrons. The fourth-order valence-electron chi connectivity index (χ4n) is 1.70. The predicted molar refractivity (Wildman–Crippen MR) is 61.3 cm³/mol. The van der Waals surface area contributed by atoms with Gasteiger partial charge in [0.15, 0.2) is 0 Å². The number of carbonyl (C=O) groups excluding carboxylic acids is 2. The van der Waals surface area contributed by atoms with Gasteiger partial charge in [-0.05, 0) is 34.0 Å². The minimum Gasteiger partial charge on any atom is -0.278 e. The average molecular weight is 283 g/mol. The van der Waals surface area contributed by atoms with E-state index >= 15 is 0 Å². The van der Waals surface area contributed by atoms with Gasteiger partial charge in [0.2, 0.25) is 11.8 Å². The zero-order chi connectivity index (χ0) is 11.5. The van der Waals surface area contributed by atoms with E-state index in [0.29, 0.717) is 25.8 Å². The second-order valence-corrected chi connectivity index (χ2v) is 4.65. The third kappa shape index (κ3) is 2.47. The van der Waals surface area contributed by atoms with Gasteiger partial charge in [0, 0.05) is 29.7 Å². The molecule has 1 saturated heterocycles. The van der Waals surface area contributed by atoms with Crippen LogP contribution < -0.4 is 0 Å². The van der Waals surface area contributed by atoms with Crippen molar-refractivity contribution in [3.63, 3.8) is 0 Å². The third-order valence-corrected chi connectivity index (χ3v) is 2.92. The summed E-state index contributed by atoms with van der Waals surface area (Å²) in [5, 5.41) is 0. The first-order valence-corrected chi connectivity index (χ1v) is 5.89. The molecule has 1 aromatic heterocycles. The summed E-state index contributed by atoms with van der Waals surface area (Å²) in [4.78, 5) is 28.4. The molecule has 0 aromatic carbocycles. The van der Waals surface area contributed by atoms with Crippen molar-refractivity contribution in [2.75, 3.05) is 0 Å². The van der Waals surface area contributed by atoms with E-state index in [-0.39, 0.29) is 11.8 Å². The summed E-state index contributed by atoms with van der Waals surface area (Å²) in [5.74, 6) is -0.174. The van der Waals surface area contributed by atoms with E-state index in [1.807, 2.05) is 6.07 Å². The number of amides is 2. The van der Waals surface area contributed by atoms with Crippen LogP contribution in [-0.4, -0.2) is 21.7 Å². The normalized spacial score (nSPS) is 16.7. The maximum Gasteiger partial charge on any atom is 0.229 e. The Balaban J connectivity index is 2.13. The maximum atomic E-state index is 11.6. The van der Waals surface area contributed by atoms with E-state index in [0.717, 1.165) is 10.0 Å². The van der Waals surface area contributed by atoms with Crippen LogP contribution in [0.4, 0.5) is 0 Å². The molecule has 1 aliphatic rings. The van der Waals surface area contributed by atoms with Gasteiger partial charge in [-0.2, -0.15) is 0 Å². The first kappa shape index (κ1) is 11.3. The SMILES string of the molecule is O=C1CCCC(=O)N1Cc1cncc(Br)c1. The Labute approximate surface area is 102 Å². The molecule has 16 heavy (non-hydrogen) atoms. The number of hydrogen-bond donors (Lipinski definition) is 0. The highest BCUT2D eigenvalue weighted by atomic mass is 79.9. The molecule has 0 saturated carbocycles. The van der Waals surface area contributed by atoms with Crippen LogP contribution in [0.5, 0.6) is 0 Å². The molecule has 4 nitrogen and oxygen atoms in total. The van der Waals surface area contributed by atoms with Gasteiger partial charge >= 0.3 is 0 Å². The lowest BCUT2D eigenvalue weighted by atomic mass is 10.1. The smallest absolute Gasteiger partial charge is 0.229 e. The molecule has 2 amide bonds. The van der Waals surface area contributed by atoms with Gasteiger partial charge in [-0.15, -0.1) is 0 Å². The summed E-state index contributed by atoms with van der Waals surface area (Å²) < 4.78 is 0.849. The summed E-state index contributed by atoms with van der Waals surface area (Å²) in [5.41, 5.74) is 0.859. The zero-order valence-electron chi connectivity index (χ0n) is 8.65. The number of likely N-dealkylation sites (tertiary alicyclic amines) is 1. The van der Waals surface area contributed by atoms with Gasteiger partial charge in [0.05, 0.1) is 6.54 Å². The lowest BCUT2D eigenvalue weighted by molar-refractivity contribution is -0.148. The number of carbonyl (C=O) groups is 2. The van der Waals surface area contributed by atoms with Crippen molar-refractivity contribution in [2.24, 2.45) is 0 Å². The molecular weight excluding hydrogens is 272 g/mol. The topological polar surface area (TPSA) is 50.3 Å². The molecule has 2 rings (SSSR count). The number of pyridine rings is 1. The van der Waals surface area contributed by atoms with Crippen LogP contribution in [0.25, 0.3) is 0 Å². The van der Waals surface area contributed by atoms with E-state index in [1.165, 1.54) is 4.90 Å². The Hall–Kier alpha value is -1.23. The van der Waals surface area contributed by atoms with Crippen LogP contribution in [0.3, 0.4) is 0 Å². The third-order valence-electron chi connectivity index (χ3n) is 2.49. The summed E-state index contributed by atoms with van der Waals surface area (Å²) in [7, 11) is 0. The van der Waals surface area contributed by atoms with Crippen molar-refractivity contribution in [2.45, 2.75) is 25.8 Å². The number of aromatic nitrogens is 1. The Bertz CT molecular complexity index is 418. The number of rotatable bonds is 2. The van der Waals surface area contributed by atoms with Crippen molar-refractivity contribution >= 4 is 27.7 Å². The Morgan fingerprint density at radius 2 is 1.94 bits per heavy atom. The van der Waals surface area contributed by atoms with E-state index in [4.69, 9.17) is 0 Å². The largest absolute Gasteiger partial charge is 0.278 e. The van der Waals surface area contributed by atoms with E-state index in [9.17, 15) is 9.59 Å². The lowest BCUT2D eigenvalue weighted by Gasteiger charge is -2.24. The summed E-state index contributed by atoms with van der Waals surface area (Å²) in [6.45, 7) is 0.324. The number of imide groups is 1. The first-order chi connectivity index (χ1) is 7.66. The molecule has 0 aliphatic carbocycles. The first-order valence-electron chi connectivity index (χ1n) is 5.09. The highest BCUT2D eigenvalue weighted by molar-refractivity contribution is 9.10. The molecule has 1 fully saturated rings. The molecule has 0 unspecified atom stereocenters. The van der Waals surface area contributed by atoms with Crippen molar-refractivity contribution < 1.29 is 9.59 Å². The van der Waals surface area contributed by atoms with Gasteiger partial charge in [-0.1, -0.05) is 0 Å². The maximum absolute atomic E-state index is 11.6. The summed E-state index contributed by atoms with van der Waals surface area (Å²) >= 11 is 3.31. The number of piperidine rings is 1. The monoisotopic (exact) mass is 282 g/mol. The second-order valence-electron chi connectivity index (χ2n) is 3.74. The zero-order valence-corrected chi connectivity index (χ0v) is 10.2. The van der Waals surface area contributed by atoms with Crippen LogP contribution in [0.15, 0.2) is 22.9 Å². The van der Waals surface area contributed by atoms with E-state index in [1.54, 1.807) is 12.4 Å². The second kappa shape index (κ2) is 4.74. The Kier molecular flexibility index (Phi) is 3.33. The average Bonchev–Trinajstić information content (AvgIpc) is 2.24. The summed E-state index contributed by atoms with van der Waals surface area (Å²) in [6.07, 6.45) is 4.94. The molecule has 1 aromatic rings. The van der Waals surface area contributed by atoms with Gasteiger partial charge in [-0.3, -0.25) is 19.5 Å². The van der Waals surface area contributed by atoms with Gasteiger partial charge in [0.25, 0.3) is 0 Å². The Morgan fingerprint density at radius 1 is 1.25 bits per heavy atom. The Morgan fingerprint density at radius 3 is 2.56 bits per heavy atom. The van der Waals surface area contributed by atoms with Crippen molar-refractivity contribution in [1.82, 2.24) is 9.88 Å². The van der Waals surface area contributed by atoms with E-state index in [2.05, 4.69) is 20.9 Å². The van der Waals surface area contributed by atoms with Crippen molar-refractivity contribution in [3.05, 3.63) is 28.5 Å². The fourth-order valence-corrected chi connectivity index (χ4v) is 2.11. The predicted octanol–water partition coefficient (Wildman–Crippen LogP) is 1.88. The van der Waals surface area contributed by atoms with E-state index < -0.39 is 0 Å². The molecule has 0 spiro atoms.